The molecule has 0 heterocycles. The molecule has 0 saturated heterocycles. The number of nitrogen functional groups attached to an aromatic ring is 1. The first kappa shape index (κ1) is 11.1. The van der Waals surface area contributed by atoms with Gasteiger partial charge in [-0.15, -0.1) is 0 Å². The zero-order valence-corrected chi connectivity index (χ0v) is 8.48. The lowest BCUT2D eigenvalue weighted by Crippen LogP contribution is -2.08. The van der Waals surface area contributed by atoms with Gasteiger partial charge in [0.15, 0.2) is 0 Å². The Morgan fingerprint density at radius 2 is 2.14 bits per heavy atom. The zero-order valence-electron chi connectivity index (χ0n) is 7.67. The van der Waals surface area contributed by atoms with Gasteiger partial charge >= 0.3 is 0 Å². The Balaban J connectivity index is 2.90. The summed E-state index contributed by atoms with van der Waals surface area (Å²) in [5, 5.41) is 0. The average molecular weight is 219 g/mol. The van der Waals surface area contributed by atoms with Crippen molar-refractivity contribution in [3.8, 4) is 0 Å². The molecule has 78 valence electrons. The standard InChI is InChI=1S/C9H11F2NOS/c1-6-4-7(12)2-3-8(6)14(13)5-9(10)11/h2-4,9H,5,12H2,1H3. The molecular formula is C9H11F2NOS. The fraction of sp³-hybridized carbons (Fsp3) is 0.333. The summed E-state index contributed by atoms with van der Waals surface area (Å²) in [6, 6.07) is 4.72. The van der Waals surface area contributed by atoms with Crippen molar-refractivity contribution in [1.29, 1.82) is 0 Å². The number of hydrogen-bond acceptors (Lipinski definition) is 2. The van der Waals surface area contributed by atoms with Crippen molar-refractivity contribution in [2.45, 2.75) is 18.2 Å². The topological polar surface area (TPSA) is 43.1 Å². The highest BCUT2D eigenvalue weighted by Crippen LogP contribution is 2.17. The minimum atomic E-state index is -2.55. The molecule has 0 radical (unpaired) electrons. The first-order chi connectivity index (χ1) is 6.50. The second-order valence-electron chi connectivity index (χ2n) is 2.93. The van der Waals surface area contributed by atoms with E-state index in [4.69, 9.17) is 5.73 Å². The Labute approximate surface area is 83.6 Å². The molecule has 14 heavy (non-hydrogen) atoms. The molecule has 0 saturated carbocycles. The first-order valence-electron chi connectivity index (χ1n) is 4.03. The van der Waals surface area contributed by atoms with Crippen LogP contribution >= 0.6 is 0 Å². The van der Waals surface area contributed by atoms with Gasteiger partial charge in [0.05, 0.1) is 16.6 Å². The van der Waals surface area contributed by atoms with E-state index in [1.807, 2.05) is 0 Å². The molecule has 1 aromatic carbocycles. The Kier molecular flexibility index (Phi) is 3.57. The van der Waals surface area contributed by atoms with E-state index < -0.39 is 23.0 Å². The van der Waals surface area contributed by atoms with Gasteiger partial charge in [0, 0.05) is 10.6 Å². The number of rotatable bonds is 3. The van der Waals surface area contributed by atoms with Gasteiger partial charge in [0.25, 0.3) is 0 Å². The number of aryl methyl sites for hydroxylation is 1. The predicted octanol–water partition coefficient (Wildman–Crippen LogP) is 1.95. The highest BCUT2D eigenvalue weighted by molar-refractivity contribution is 7.85. The molecule has 0 aliphatic heterocycles. The van der Waals surface area contributed by atoms with Crippen LogP contribution in [0.3, 0.4) is 0 Å². The molecule has 0 aliphatic rings. The molecule has 1 unspecified atom stereocenters. The van der Waals surface area contributed by atoms with Crippen LogP contribution in [0.2, 0.25) is 0 Å². The molecule has 0 fully saturated rings. The number of hydrogen-bond donors (Lipinski definition) is 1. The van der Waals surface area contributed by atoms with E-state index >= 15 is 0 Å². The smallest absolute Gasteiger partial charge is 0.250 e. The maximum Gasteiger partial charge on any atom is 0.250 e. The van der Waals surface area contributed by atoms with Crippen LogP contribution in [0.4, 0.5) is 14.5 Å². The van der Waals surface area contributed by atoms with Gasteiger partial charge in [0.2, 0.25) is 6.43 Å². The van der Waals surface area contributed by atoms with Gasteiger partial charge < -0.3 is 5.73 Å². The lowest BCUT2D eigenvalue weighted by molar-refractivity contribution is 0.175. The fourth-order valence-electron chi connectivity index (χ4n) is 1.13. The zero-order chi connectivity index (χ0) is 10.7. The van der Waals surface area contributed by atoms with Crippen molar-refractivity contribution in [2.75, 3.05) is 11.5 Å². The van der Waals surface area contributed by atoms with E-state index in [0.29, 0.717) is 16.1 Å². The third kappa shape index (κ3) is 2.77. The van der Waals surface area contributed by atoms with Gasteiger partial charge in [-0.25, -0.2) is 8.78 Å². The largest absolute Gasteiger partial charge is 0.399 e. The van der Waals surface area contributed by atoms with Crippen LogP contribution in [0, 0.1) is 6.92 Å². The van der Waals surface area contributed by atoms with E-state index in [2.05, 4.69) is 0 Å². The lowest BCUT2D eigenvalue weighted by atomic mass is 10.2. The molecule has 5 heteroatoms. The van der Waals surface area contributed by atoms with Crippen LogP contribution in [0.1, 0.15) is 5.56 Å². The fourth-order valence-corrected chi connectivity index (χ4v) is 2.18. The summed E-state index contributed by atoms with van der Waals surface area (Å²) in [6.07, 6.45) is -2.55. The average Bonchev–Trinajstić information content (AvgIpc) is 2.01. The van der Waals surface area contributed by atoms with Gasteiger partial charge in [-0.2, -0.15) is 0 Å². The summed E-state index contributed by atoms with van der Waals surface area (Å²) in [5.74, 6) is -0.620. The number of benzene rings is 1. The highest BCUT2D eigenvalue weighted by atomic mass is 32.2. The first-order valence-corrected chi connectivity index (χ1v) is 5.35. The summed E-state index contributed by atoms with van der Waals surface area (Å²) in [7, 11) is -1.64. The number of anilines is 1. The van der Waals surface area contributed by atoms with Crippen LogP contribution in [0.5, 0.6) is 0 Å². The van der Waals surface area contributed by atoms with Crippen LogP contribution in [-0.2, 0) is 10.8 Å². The third-order valence-electron chi connectivity index (χ3n) is 1.72. The summed E-state index contributed by atoms with van der Waals surface area (Å²) in [6.45, 7) is 1.70. The monoisotopic (exact) mass is 219 g/mol. The molecule has 1 aromatic rings. The highest BCUT2D eigenvalue weighted by Gasteiger charge is 2.13. The minimum absolute atomic E-state index is 0.430. The Morgan fingerprint density at radius 1 is 1.50 bits per heavy atom. The lowest BCUT2D eigenvalue weighted by Gasteiger charge is -2.05. The van der Waals surface area contributed by atoms with Gasteiger partial charge in [0.1, 0.15) is 0 Å². The predicted molar refractivity (Wildman–Crippen MR) is 52.9 cm³/mol. The number of alkyl halides is 2. The molecule has 0 spiro atoms. The van der Waals surface area contributed by atoms with E-state index in [1.54, 1.807) is 19.1 Å². The molecule has 2 nitrogen and oxygen atoms in total. The molecule has 1 atom stereocenters. The number of halogens is 2. The normalized spacial score (nSPS) is 13.1. The molecule has 0 amide bonds. The Morgan fingerprint density at radius 3 is 2.64 bits per heavy atom. The van der Waals surface area contributed by atoms with Crippen LogP contribution in [0.15, 0.2) is 23.1 Å². The Bertz CT molecular complexity index is 355. The van der Waals surface area contributed by atoms with E-state index in [9.17, 15) is 13.0 Å². The van der Waals surface area contributed by atoms with Gasteiger partial charge in [-0.05, 0) is 30.7 Å². The molecule has 2 N–H and O–H groups in total. The molecule has 0 bridgehead atoms. The molecule has 0 aromatic heterocycles. The maximum absolute atomic E-state index is 12.0. The van der Waals surface area contributed by atoms with Crippen LogP contribution in [0.25, 0.3) is 0 Å². The van der Waals surface area contributed by atoms with Crippen molar-refractivity contribution in [1.82, 2.24) is 0 Å². The second-order valence-corrected chi connectivity index (χ2v) is 4.39. The molecule has 0 aliphatic carbocycles. The van der Waals surface area contributed by atoms with Crippen molar-refractivity contribution in [3.05, 3.63) is 23.8 Å². The third-order valence-corrected chi connectivity index (χ3v) is 3.22. The van der Waals surface area contributed by atoms with Gasteiger partial charge in [-0.3, -0.25) is 4.21 Å². The SMILES string of the molecule is Cc1cc(N)ccc1S(=O)CC(F)F. The van der Waals surface area contributed by atoms with Crippen molar-refractivity contribution in [3.63, 3.8) is 0 Å². The quantitative estimate of drug-likeness (QED) is 0.789. The van der Waals surface area contributed by atoms with E-state index in [-0.39, 0.29) is 0 Å². The van der Waals surface area contributed by atoms with E-state index in [1.165, 1.54) is 6.07 Å². The maximum atomic E-state index is 12.0. The van der Waals surface area contributed by atoms with Gasteiger partial charge in [-0.1, -0.05) is 0 Å². The Hall–Kier alpha value is -0.970. The molecular weight excluding hydrogens is 208 g/mol. The van der Waals surface area contributed by atoms with Crippen molar-refractivity contribution >= 4 is 16.5 Å². The second kappa shape index (κ2) is 4.50. The summed E-state index contributed by atoms with van der Waals surface area (Å²) in [4.78, 5) is 0.430. The van der Waals surface area contributed by atoms with Crippen LogP contribution < -0.4 is 5.73 Å². The van der Waals surface area contributed by atoms with Crippen molar-refractivity contribution < 1.29 is 13.0 Å². The van der Waals surface area contributed by atoms with E-state index in [0.717, 1.165) is 0 Å². The van der Waals surface area contributed by atoms with Crippen molar-refractivity contribution in [2.24, 2.45) is 0 Å². The number of nitrogens with two attached hydrogens (primary N) is 1. The minimum Gasteiger partial charge on any atom is -0.399 e. The van der Waals surface area contributed by atoms with Crippen LogP contribution in [-0.4, -0.2) is 16.4 Å². The summed E-state index contributed by atoms with van der Waals surface area (Å²) >= 11 is 0. The molecule has 1 rings (SSSR count). The summed E-state index contributed by atoms with van der Waals surface area (Å²) in [5.41, 5.74) is 6.71. The summed E-state index contributed by atoms with van der Waals surface area (Å²) < 4.78 is 35.3.